The topological polar surface area (TPSA) is 165 Å². The van der Waals surface area contributed by atoms with Crippen molar-refractivity contribution in [2.24, 2.45) is 10.8 Å². The van der Waals surface area contributed by atoms with Crippen LogP contribution in [0.5, 0.6) is 0 Å². The lowest BCUT2D eigenvalue weighted by Gasteiger charge is -2.52. The number of nitrogens with one attached hydrogen (secondary N) is 2. The molecule has 0 aromatic heterocycles. The first-order chi connectivity index (χ1) is 25.0. The summed E-state index contributed by atoms with van der Waals surface area (Å²) in [5.41, 5.74) is -2.12. The average Bonchev–Trinajstić information content (AvgIpc) is 3.59. The van der Waals surface area contributed by atoms with Crippen molar-refractivity contribution < 1.29 is 46.2 Å². The summed E-state index contributed by atoms with van der Waals surface area (Å²) < 4.78 is 66.5. The van der Waals surface area contributed by atoms with Gasteiger partial charge in [-0.25, -0.2) is 17.6 Å². The van der Waals surface area contributed by atoms with Crippen molar-refractivity contribution in [3.8, 4) is 12.1 Å². The van der Waals surface area contributed by atoms with E-state index in [2.05, 4.69) is 10.6 Å². The molecule has 8 aliphatic rings. The molecule has 292 valence electrons. The number of rotatable bonds is 14. The van der Waals surface area contributed by atoms with E-state index in [0.717, 1.165) is 0 Å². The minimum Gasteiger partial charge on any atom is -0.465 e. The number of unbranched alkanes of at least 4 members (excludes halogenated alkanes) is 2. The second-order valence-corrected chi connectivity index (χ2v) is 16.8. The van der Waals surface area contributed by atoms with Gasteiger partial charge in [-0.15, -0.1) is 0 Å². The SMILES string of the molecule is N#C[C@@H]1CC(F)(F)CN1CC(=O)NC12CCC(C(=O)OCCCCCOC(=O)C34CCC(NC(=O)CN5CC(F)(F)C[C@H]5C#N)(CC3)CC4)(CC1)CC2. The number of alkyl halides is 4. The van der Waals surface area contributed by atoms with E-state index in [9.17, 15) is 47.3 Å². The van der Waals surface area contributed by atoms with Gasteiger partial charge in [-0.3, -0.25) is 29.0 Å². The van der Waals surface area contributed by atoms with Crippen LogP contribution in [0.25, 0.3) is 0 Å². The van der Waals surface area contributed by atoms with Gasteiger partial charge < -0.3 is 20.1 Å². The number of carbonyl (C=O) groups is 4. The predicted octanol–water partition coefficient (Wildman–Crippen LogP) is 4.13. The van der Waals surface area contributed by atoms with Gasteiger partial charge in [0.15, 0.2) is 0 Å². The van der Waals surface area contributed by atoms with Gasteiger partial charge in [-0.2, -0.15) is 10.5 Å². The number of amides is 2. The third kappa shape index (κ3) is 8.59. The number of halogens is 4. The number of nitrogens with zero attached hydrogens (tertiary/aromatic N) is 4. The molecular weight excluding hydrogens is 700 g/mol. The summed E-state index contributed by atoms with van der Waals surface area (Å²) in [6.07, 6.45) is 7.82. The zero-order chi connectivity index (χ0) is 38.1. The van der Waals surface area contributed by atoms with Crippen LogP contribution >= 0.6 is 0 Å². The van der Waals surface area contributed by atoms with Gasteiger partial charge >= 0.3 is 11.9 Å². The molecular formula is C37H50F4N6O6. The van der Waals surface area contributed by atoms with Crippen LogP contribution in [-0.4, -0.2) is 108 Å². The number of hydrogen-bond donors (Lipinski definition) is 2. The van der Waals surface area contributed by atoms with E-state index in [1.165, 1.54) is 9.80 Å². The summed E-state index contributed by atoms with van der Waals surface area (Å²) in [5, 5.41) is 24.5. The van der Waals surface area contributed by atoms with Crippen molar-refractivity contribution in [1.29, 1.82) is 10.5 Å². The molecule has 2 N–H and O–H groups in total. The lowest BCUT2D eigenvalue weighted by atomic mass is 9.57. The Labute approximate surface area is 307 Å². The monoisotopic (exact) mass is 750 g/mol. The Morgan fingerprint density at radius 2 is 0.925 bits per heavy atom. The molecule has 2 amide bonds. The highest BCUT2D eigenvalue weighted by molar-refractivity contribution is 5.81. The third-order valence-electron chi connectivity index (χ3n) is 13.1. The smallest absolute Gasteiger partial charge is 0.312 e. The molecule has 6 saturated carbocycles. The molecule has 0 radical (unpaired) electrons. The fourth-order valence-electron chi connectivity index (χ4n) is 9.77. The molecule has 0 aromatic rings. The van der Waals surface area contributed by atoms with Crippen molar-refractivity contribution in [2.45, 2.75) is 144 Å². The zero-order valence-electron chi connectivity index (χ0n) is 30.2. The maximum Gasteiger partial charge on any atom is 0.312 e. The van der Waals surface area contributed by atoms with Crippen LogP contribution < -0.4 is 10.6 Å². The first-order valence-corrected chi connectivity index (χ1v) is 19.0. The van der Waals surface area contributed by atoms with Crippen molar-refractivity contribution in [3.05, 3.63) is 0 Å². The van der Waals surface area contributed by atoms with E-state index in [1.54, 1.807) is 0 Å². The third-order valence-corrected chi connectivity index (χ3v) is 13.1. The highest BCUT2D eigenvalue weighted by Crippen LogP contribution is 2.54. The fraction of sp³-hybridized carbons (Fsp3) is 0.838. The number of likely N-dealkylation sites (tertiary alicyclic amines) is 2. The first kappa shape index (κ1) is 39.2. The largest absolute Gasteiger partial charge is 0.465 e. The Hall–Kier alpha value is -3.50. The Morgan fingerprint density at radius 1 is 0.585 bits per heavy atom. The van der Waals surface area contributed by atoms with E-state index in [0.29, 0.717) is 96.3 Å². The molecule has 0 spiro atoms. The normalized spacial score (nSPS) is 35.6. The molecule has 6 aliphatic carbocycles. The van der Waals surface area contributed by atoms with E-state index in [1.807, 2.05) is 12.1 Å². The predicted molar refractivity (Wildman–Crippen MR) is 179 cm³/mol. The number of ether oxygens (including phenoxy) is 2. The van der Waals surface area contributed by atoms with Crippen LogP contribution in [0.15, 0.2) is 0 Å². The molecule has 16 heteroatoms. The van der Waals surface area contributed by atoms with Crippen LogP contribution in [0, 0.1) is 33.5 Å². The van der Waals surface area contributed by atoms with Gasteiger partial charge in [0.05, 0.1) is 62.4 Å². The van der Waals surface area contributed by atoms with Crippen LogP contribution in [0.4, 0.5) is 17.6 Å². The van der Waals surface area contributed by atoms with Crippen LogP contribution in [0.2, 0.25) is 0 Å². The summed E-state index contributed by atoms with van der Waals surface area (Å²) in [6, 6.07) is 1.74. The molecule has 2 saturated heterocycles. The highest BCUT2D eigenvalue weighted by Gasteiger charge is 2.56. The summed E-state index contributed by atoms with van der Waals surface area (Å²) in [5.74, 6) is -7.19. The second kappa shape index (κ2) is 15.0. The Bertz CT molecular complexity index is 1370. The lowest BCUT2D eigenvalue weighted by Crippen LogP contribution is -2.59. The molecule has 8 fully saturated rings. The van der Waals surface area contributed by atoms with E-state index in [4.69, 9.17) is 9.47 Å². The summed E-state index contributed by atoms with van der Waals surface area (Å²) in [7, 11) is 0. The quantitative estimate of drug-likeness (QED) is 0.150. The number of carbonyl (C=O) groups excluding carboxylic acids is 4. The fourth-order valence-corrected chi connectivity index (χ4v) is 9.77. The minimum absolute atomic E-state index is 0.232. The minimum atomic E-state index is -2.98. The number of esters is 2. The molecule has 0 unspecified atom stereocenters. The maximum atomic E-state index is 13.8. The lowest BCUT2D eigenvalue weighted by molar-refractivity contribution is -0.164. The van der Waals surface area contributed by atoms with Gasteiger partial charge in [0.25, 0.3) is 11.8 Å². The van der Waals surface area contributed by atoms with Gasteiger partial charge in [-0.1, -0.05) is 0 Å². The van der Waals surface area contributed by atoms with Gasteiger partial charge in [-0.05, 0) is 96.3 Å². The molecule has 8 rings (SSSR count). The Morgan fingerprint density at radius 3 is 1.25 bits per heavy atom. The molecule has 12 nitrogen and oxygen atoms in total. The summed E-state index contributed by atoms with van der Waals surface area (Å²) in [6.45, 7) is -1.22. The Balaban J connectivity index is 0.835. The van der Waals surface area contributed by atoms with Crippen LogP contribution in [0.1, 0.15) is 109 Å². The first-order valence-electron chi connectivity index (χ1n) is 19.0. The zero-order valence-corrected chi connectivity index (χ0v) is 30.2. The molecule has 2 aliphatic heterocycles. The van der Waals surface area contributed by atoms with Crippen LogP contribution in [0.3, 0.4) is 0 Å². The van der Waals surface area contributed by atoms with E-state index in [-0.39, 0.29) is 50.1 Å². The Kier molecular flexibility index (Phi) is 11.1. The maximum absolute atomic E-state index is 13.8. The second-order valence-electron chi connectivity index (χ2n) is 16.8. The van der Waals surface area contributed by atoms with Crippen molar-refractivity contribution in [3.63, 3.8) is 0 Å². The molecule has 0 aromatic carbocycles. The number of nitriles is 2. The standard InChI is InChI=1S/C37H50F4N6O6/c38-36(39)18-26(20-42)46(24-36)22-28(48)44-34-10-4-32(5-11-34,6-12-34)30(50)52-16-2-1-3-17-53-31(51)33-7-13-35(14-8-33,15-9-33)45-29(49)23-47-25-37(40,41)19-27(47)21-43/h26-27H,1-19,22-25H2,(H,44,48)(H,45,49)/t26-,27-,32?,33?,34?,35?/m0/s1. The van der Waals surface area contributed by atoms with Crippen molar-refractivity contribution >= 4 is 23.8 Å². The van der Waals surface area contributed by atoms with E-state index < -0.39 is 71.8 Å². The molecule has 2 heterocycles. The summed E-state index contributed by atoms with van der Waals surface area (Å²) >= 11 is 0. The molecule has 2 atom stereocenters. The van der Waals surface area contributed by atoms with Crippen molar-refractivity contribution in [2.75, 3.05) is 39.4 Å². The van der Waals surface area contributed by atoms with Gasteiger partial charge in [0, 0.05) is 23.9 Å². The molecule has 53 heavy (non-hydrogen) atoms. The highest BCUT2D eigenvalue weighted by atomic mass is 19.3. The van der Waals surface area contributed by atoms with Crippen LogP contribution in [-0.2, 0) is 28.7 Å². The molecule has 4 bridgehead atoms. The van der Waals surface area contributed by atoms with Gasteiger partial charge in [0.2, 0.25) is 11.8 Å². The summed E-state index contributed by atoms with van der Waals surface area (Å²) in [4.78, 5) is 54.3. The van der Waals surface area contributed by atoms with Crippen molar-refractivity contribution in [1.82, 2.24) is 20.4 Å². The number of fused-ring (bicyclic) bond motifs is 6. The number of hydrogen-bond acceptors (Lipinski definition) is 10. The van der Waals surface area contributed by atoms with Gasteiger partial charge in [0.1, 0.15) is 12.1 Å². The average molecular weight is 751 g/mol. The van der Waals surface area contributed by atoms with E-state index >= 15 is 0 Å².